The lowest BCUT2D eigenvalue weighted by Crippen LogP contribution is -2.41. The fourth-order valence-electron chi connectivity index (χ4n) is 3.21. The van der Waals surface area contributed by atoms with Crippen molar-refractivity contribution in [1.82, 2.24) is 10.3 Å². The fourth-order valence-corrected chi connectivity index (χ4v) is 3.21. The molecule has 2 rings (SSSR count). The molecule has 8 nitrogen and oxygen atoms in total. The Morgan fingerprint density at radius 1 is 0.838 bits per heavy atom. The van der Waals surface area contributed by atoms with Crippen LogP contribution in [-0.2, 0) is 9.59 Å². The molecule has 0 radical (unpaired) electrons. The van der Waals surface area contributed by atoms with Gasteiger partial charge in [0.2, 0.25) is 11.8 Å². The first-order valence-corrected chi connectivity index (χ1v) is 11.8. The maximum atomic E-state index is 13.6. The number of nitrogens with one attached hydrogen (secondary N) is 2. The number of benzene rings is 1. The number of nitrogens with zero attached hydrogens (tertiary/aromatic N) is 1. The molecule has 200 valence electrons. The van der Waals surface area contributed by atoms with Crippen molar-refractivity contribution in [3.8, 4) is 11.8 Å². The number of aromatic nitrogens is 1. The molecule has 37 heavy (non-hydrogen) atoms. The van der Waals surface area contributed by atoms with Gasteiger partial charge in [0.15, 0.2) is 11.6 Å². The van der Waals surface area contributed by atoms with Gasteiger partial charge in [-0.05, 0) is 62.9 Å². The first kappa shape index (κ1) is 29.7. The zero-order chi connectivity index (χ0) is 27.4. The molecule has 0 bridgehead atoms. The van der Waals surface area contributed by atoms with E-state index in [1.54, 1.807) is 0 Å². The largest absolute Gasteiger partial charge is 0.355 e. The molecule has 0 saturated heterocycles. The van der Waals surface area contributed by atoms with E-state index in [2.05, 4.69) is 27.5 Å². The molecule has 1 aromatic carbocycles. The number of unbranched alkanes of at least 4 members (excludes halogenated alkanes) is 2. The number of carbonyl (C=O) groups is 2. The summed E-state index contributed by atoms with van der Waals surface area (Å²) < 4.78 is 53.6. The Hall–Kier alpha value is -3.53. The Morgan fingerprint density at radius 2 is 1.41 bits per heavy atom. The molecule has 0 spiro atoms. The zero-order valence-corrected chi connectivity index (χ0v) is 20.1. The Labute approximate surface area is 212 Å². The Kier molecular flexibility index (Phi) is 12.0. The first-order valence-electron chi connectivity index (χ1n) is 11.8. The summed E-state index contributed by atoms with van der Waals surface area (Å²) in [7, 11) is 0. The number of amides is 2. The number of nitrogens with two attached hydrogens (primary N) is 3. The van der Waals surface area contributed by atoms with E-state index in [0.717, 1.165) is 12.8 Å². The van der Waals surface area contributed by atoms with Gasteiger partial charge in [-0.15, -0.1) is 0 Å². The smallest absolute Gasteiger partial charge is 0.253 e. The van der Waals surface area contributed by atoms with Crippen LogP contribution in [0.4, 0.5) is 23.2 Å². The van der Waals surface area contributed by atoms with Gasteiger partial charge in [0.25, 0.3) is 11.9 Å². The van der Waals surface area contributed by atoms with Crippen LogP contribution in [0.5, 0.6) is 0 Å². The van der Waals surface area contributed by atoms with Crippen molar-refractivity contribution in [2.24, 2.45) is 17.2 Å². The van der Waals surface area contributed by atoms with Gasteiger partial charge >= 0.3 is 0 Å². The van der Waals surface area contributed by atoms with Crippen LogP contribution in [0.15, 0.2) is 24.3 Å². The monoisotopic (exact) mass is 522 g/mol. The minimum absolute atomic E-state index is 0.220. The minimum atomic E-state index is -1.79. The summed E-state index contributed by atoms with van der Waals surface area (Å²) in [5, 5.41) is 5.40. The molecule has 2 amide bonds. The molecule has 0 aliphatic carbocycles. The molecular weight excluding hydrogens is 492 g/mol. The van der Waals surface area contributed by atoms with E-state index in [-0.39, 0.29) is 11.5 Å². The van der Waals surface area contributed by atoms with E-state index >= 15 is 0 Å². The molecule has 0 fully saturated rings. The molecule has 1 aromatic heterocycles. The van der Waals surface area contributed by atoms with Crippen LogP contribution < -0.4 is 27.8 Å². The lowest BCUT2D eigenvalue weighted by atomic mass is 10.1. The molecule has 0 aliphatic rings. The standard InChI is InChI=1S/C25H30F4N6O2/c26-20-17(21(27)23(29)35-22(20)28)12-9-15-7-10-16(11-8-15)34-25(37)19(32)6-2-4-14-33-24(36)18(31)5-1-3-13-30/h7-8,10-11,18-19H,1-6,13-14,30-32H2,(H,33,36)(H,34,37). The van der Waals surface area contributed by atoms with E-state index < -0.39 is 47.1 Å². The maximum Gasteiger partial charge on any atom is 0.253 e. The highest BCUT2D eigenvalue weighted by Gasteiger charge is 2.19. The second-order valence-corrected chi connectivity index (χ2v) is 8.30. The van der Waals surface area contributed by atoms with Crippen LogP contribution in [-0.4, -0.2) is 42.0 Å². The van der Waals surface area contributed by atoms with Crippen molar-refractivity contribution in [3.05, 3.63) is 58.9 Å². The average Bonchev–Trinajstić information content (AvgIpc) is 2.88. The van der Waals surface area contributed by atoms with E-state index in [4.69, 9.17) is 17.2 Å². The second kappa shape index (κ2) is 14.9. The van der Waals surface area contributed by atoms with Crippen molar-refractivity contribution in [2.75, 3.05) is 18.4 Å². The topological polar surface area (TPSA) is 149 Å². The maximum absolute atomic E-state index is 13.6. The van der Waals surface area contributed by atoms with Crippen molar-refractivity contribution >= 4 is 17.5 Å². The van der Waals surface area contributed by atoms with Crippen molar-refractivity contribution in [2.45, 2.75) is 50.6 Å². The van der Waals surface area contributed by atoms with Gasteiger partial charge in [-0.25, -0.2) is 8.78 Å². The molecule has 2 atom stereocenters. The molecule has 0 saturated carbocycles. The van der Waals surface area contributed by atoms with E-state index in [9.17, 15) is 27.2 Å². The number of hydrogen-bond donors (Lipinski definition) is 5. The zero-order valence-electron chi connectivity index (χ0n) is 20.1. The van der Waals surface area contributed by atoms with Gasteiger partial charge in [-0.2, -0.15) is 13.8 Å². The number of pyridine rings is 1. The van der Waals surface area contributed by atoms with Crippen LogP contribution in [0, 0.1) is 35.4 Å². The Bertz CT molecular complexity index is 1110. The second-order valence-electron chi connectivity index (χ2n) is 8.30. The van der Waals surface area contributed by atoms with Crippen LogP contribution in [0.1, 0.15) is 49.7 Å². The summed E-state index contributed by atoms with van der Waals surface area (Å²) in [5.41, 5.74) is 16.8. The molecule has 1 heterocycles. The SMILES string of the molecule is NCCCCC(N)C(=O)NCCCCC(N)C(=O)Nc1ccc(C#Cc2c(F)c(F)nc(F)c2F)cc1. The predicted molar refractivity (Wildman–Crippen MR) is 131 cm³/mol. The van der Waals surface area contributed by atoms with Crippen molar-refractivity contribution in [3.63, 3.8) is 0 Å². The van der Waals surface area contributed by atoms with Gasteiger partial charge in [0.1, 0.15) is 5.56 Å². The van der Waals surface area contributed by atoms with Crippen LogP contribution in [0.2, 0.25) is 0 Å². The van der Waals surface area contributed by atoms with Crippen LogP contribution in [0.25, 0.3) is 0 Å². The average molecular weight is 523 g/mol. The third-order valence-electron chi connectivity index (χ3n) is 5.37. The fraction of sp³-hybridized carbons (Fsp3) is 0.400. The predicted octanol–water partition coefficient (Wildman–Crippen LogP) is 2.05. The summed E-state index contributed by atoms with van der Waals surface area (Å²) in [6.07, 6.45) is 3.81. The molecule has 12 heteroatoms. The quantitative estimate of drug-likeness (QED) is 0.125. The summed E-state index contributed by atoms with van der Waals surface area (Å²) >= 11 is 0. The highest BCUT2D eigenvalue weighted by atomic mass is 19.2. The highest BCUT2D eigenvalue weighted by molar-refractivity contribution is 5.94. The molecule has 8 N–H and O–H groups in total. The number of anilines is 1. The number of rotatable bonds is 12. The Balaban J connectivity index is 1.78. The number of carbonyl (C=O) groups excluding carboxylic acids is 2. The summed E-state index contributed by atoms with van der Waals surface area (Å²) in [5.74, 6) is -3.15. The van der Waals surface area contributed by atoms with Crippen LogP contribution in [0.3, 0.4) is 0 Å². The van der Waals surface area contributed by atoms with Gasteiger partial charge < -0.3 is 27.8 Å². The summed E-state index contributed by atoms with van der Waals surface area (Å²) in [4.78, 5) is 26.7. The van der Waals surface area contributed by atoms with E-state index in [1.165, 1.54) is 24.3 Å². The third-order valence-corrected chi connectivity index (χ3v) is 5.37. The summed E-state index contributed by atoms with van der Waals surface area (Å²) in [6, 6.07) is 4.52. The summed E-state index contributed by atoms with van der Waals surface area (Å²) in [6.45, 7) is 0.985. The first-order chi connectivity index (χ1) is 17.6. The van der Waals surface area contributed by atoms with Gasteiger partial charge in [-0.1, -0.05) is 18.3 Å². The minimum Gasteiger partial charge on any atom is -0.355 e. The molecular formula is C25H30F4N6O2. The van der Waals surface area contributed by atoms with E-state index in [0.29, 0.717) is 44.5 Å². The number of halogens is 4. The van der Waals surface area contributed by atoms with Crippen molar-refractivity contribution < 1.29 is 27.2 Å². The molecule has 2 unspecified atom stereocenters. The number of hydrogen-bond acceptors (Lipinski definition) is 6. The normalized spacial score (nSPS) is 12.3. The van der Waals surface area contributed by atoms with Gasteiger partial charge in [0.05, 0.1) is 12.1 Å². The van der Waals surface area contributed by atoms with Gasteiger partial charge in [-0.3, -0.25) is 9.59 Å². The lowest BCUT2D eigenvalue weighted by molar-refractivity contribution is -0.122. The van der Waals surface area contributed by atoms with Gasteiger partial charge in [0, 0.05) is 17.8 Å². The molecule has 2 aromatic rings. The van der Waals surface area contributed by atoms with Crippen LogP contribution >= 0.6 is 0 Å². The highest BCUT2D eigenvalue weighted by Crippen LogP contribution is 2.16. The third kappa shape index (κ3) is 9.45. The van der Waals surface area contributed by atoms with E-state index in [1.807, 2.05) is 0 Å². The Morgan fingerprint density at radius 3 is 2.00 bits per heavy atom. The molecule has 0 aliphatic heterocycles. The lowest BCUT2D eigenvalue weighted by Gasteiger charge is -2.14. The van der Waals surface area contributed by atoms with Crippen molar-refractivity contribution in [1.29, 1.82) is 0 Å².